The maximum Gasteiger partial charge on any atom is 0.332 e. The quantitative estimate of drug-likeness (QED) is 0.558. The number of rotatable bonds is 7. The summed E-state index contributed by atoms with van der Waals surface area (Å²) in [4.78, 5) is 36.9. The molecular weight excluding hydrogens is 334 g/mol. The van der Waals surface area contributed by atoms with Crippen LogP contribution in [0.15, 0.2) is 48.3 Å². The first kappa shape index (κ1) is 19.7. The summed E-state index contributed by atoms with van der Waals surface area (Å²) in [6.45, 7) is 3.24. The van der Waals surface area contributed by atoms with Crippen LogP contribution in [0.2, 0.25) is 0 Å². The first-order valence-electron chi connectivity index (χ1n) is 8.76. The second kappa shape index (κ2) is 9.17. The van der Waals surface area contributed by atoms with Crippen molar-refractivity contribution >= 4 is 17.7 Å². The van der Waals surface area contributed by atoms with Gasteiger partial charge < -0.3 is 14.8 Å². The number of allylic oxidation sites excluding steroid dienone is 5. The molecule has 0 radical (unpaired) electrons. The third kappa shape index (κ3) is 4.71. The third-order valence-electron chi connectivity index (χ3n) is 4.45. The maximum absolute atomic E-state index is 12.6. The van der Waals surface area contributed by atoms with Crippen molar-refractivity contribution in [2.24, 2.45) is 0 Å². The predicted molar refractivity (Wildman–Crippen MR) is 97.1 cm³/mol. The number of carbonyl (C=O) groups is 3. The van der Waals surface area contributed by atoms with E-state index in [9.17, 15) is 14.4 Å². The van der Waals surface area contributed by atoms with Crippen LogP contribution in [-0.4, -0.2) is 36.9 Å². The first-order valence-corrected chi connectivity index (χ1v) is 8.76. The summed E-state index contributed by atoms with van der Waals surface area (Å²) in [5.74, 6) is -0.682. The number of methoxy groups -OCH3 is 1. The number of nitrogens with one attached hydrogen (secondary N) is 1. The summed E-state index contributed by atoms with van der Waals surface area (Å²) < 4.78 is 10.6. The summed E-state index contributed by atoms with van der Waals surface area (Å²) >= 11 is 0. The van der Waals surface area contributed by atoms with Gasteiger partial charge in [0.15, 0.2) is 6.61 Å². The zero-order valence-corrected chi connectivity index (χ0v) is 15.1. The van der Waals surface area contributed by atoms with Crippen LogP contribution in [0.3, 0.4) is 0 Å². The molecule has 1 amide bonds. The van der Waals surface area contributed by atoms with E-state index in [1.165, 1.54) is 7.11 Å². The Hall–Kier alpha value is -2.63. The highest BCUT2D eigenvalue weighted by Crippen LogP contribution is 2.26. The summed E-state index contributed by atoms with van der Waals surface area (Å²) in [6, 6.07) is 0. The van der Waals surface area contributed by atoms with Crippen molar-refractivity contribution in [2.75, 3.05) is 13.7 Å². The van der Waals surface area contributed by atoms with Crippen molar-refractivity contribution in [3.8, 4) is 0 Å². The van der Waals surface area contributed by atoms with Gasteiger partial charge in [-0.1, -0.05) is 18.2 Å². The highest BCUT2D eigenvalue weighted by atomic mass is 16.5. The second-order valence-corrected chi connectivity index (χ2v) is 6.33. The Bertz CT molecular complexity index is 674. The number of ketones is 1. The minimum absolute atomic E-state index is 0.196. The van der Waals surface area contributed by atoms with Crippen LogP contribution in [0.25, 0.3) is 0 Å². The lowest BCUT2D eigenvalue weighted by Crippen LogP contribution is -2.57. The summed E-state index contributed by atoms with van der Waals surface area (Å²) in [5, 5.41) is 2.71. The first-order chi connectivity index (χ1) is 12.5. The SMILES string of the molecule is C=CC[C@]1(C(=O)OCC(=O)C2=C/C=C\CC/C=C\2OC)CCCC(=O)N1. The standard InChI is InChI=1S/C20H25NO5/c1-3-12-20(13-8-11-18(23)21-20)19(24)26-14-16(22)15-9-6-4-5-7-10-17(15)25-2/h3-4,6,9-10H,1,5,7-8,11-14H2,2H3,(H,21,23)/b6-4-,15-9-,17-10+/t20-/m1/s1. The average Bonchev–Trinajstić information content (AvgIpc) is 2.59. The fourth-order valence-corrected chi connectivity index (χ4v) is 3.11. The van der Waals surface area contributed by atoms with Crippen LogP contribution in [0, 0.1) is 0 Å². The predicted octanol–water partition coefficient (Wildman–Crippen LogP) is 2.52. The van der Waals surface area contributed by atoms with Gasteiger partial charge in [-0.2, -0.15) is 0 Å². The Kier molecular flexibility index (Phi) is 6.95. The van der Waals surface area contributed by atoms with E-state index in [2.05, 4.69) is 11.9 Å². The van der Waals surface area contributed by atoms with Gasteiger partial charge in [-0.15, -0.1) is 6.58 Å². The Labute approximate surface area is 153 Å². The number of piperidine rings is 1. The van der Waals surface area contributed by atoms with Crippen LogP contribution >= 0.6 is 0 Å². The van der Waals surface area contributed by atoms with Gasteiger partial charge in [0.2, 0.25) is 11.7 Å². The molecule has 0 aromatic rings. The number of hydrogen-bond acceptors (Lipinski definition) is 5. The summed E-state index contributed by atoms with van der Waals surface area (Å²) in [6.07, 6.45) is 12.2. The lowest BCUT2D eigenvalue weighted by molar-refractivity contribution is -0.157. The van der Waals surface area contributed by atoms with E-state index in [-0.39, 0.29) is 18.1 Å². The molecule has 0 saturated carbocycles. The van der Waals surface area contributed by atoms with Crippen LogP contribution < -0.4 is 5.32 Å². The fraction of sp³-hybridized carbons (Fsp3) is 0.450. The van der Waals surface area contributed by atoms with E-state index in [4.69, 9.17) is 9.47 Å². The molecule has 1 heterocycles. The van der Waals surface area contributed by atoms with Crippen LogP contribution in [0.5, 0.6) is 0 Å². The molecule has 2 rings (SSSR count). The maximum atomic E-state index is 12.6. The molecule has 6 heteroatoms. The molecule has 2 aliphatic rings. The average molecular weight is 359 g/mol. The van der Waals surface area contributed by atoms with Gasteiger partial charge in [0.05, 0.1) is 12.7 Å². The number of amides is 1. The number of esters is 1. The summed E-state index contributed by atoms with van der Waals surface area (Å²) in [5.41, 5.74) is -0.770. The smallest absolute Gasteiger partial charge is 0.332 e. The van der Waals surface area contributed by atoms with Gasteiger partial charge >= 0.3 is 5.97 Å². The van der Waals surface area contributed by atoms with Gasteiger partial charge in [-0.25, -0.2) is 4.79 Å². The molecule has 0 aromatic heterocycles. The van der Waals surface area contributed by atoms with E-state index >= 15 is 0 Å². The van der Waals surface area contributed by atoms with Crippen molar-refractivity contribution in [3.05, 3.63) is 48.3 Å². The number of ether oxygens (including phenoxy) is 2. The lowest BCUT2D eigenvalue weighted by atomic mass is 9.85. The molecular formula is C20H25NO5. The normalized spacial score (nSPS) is 28.1. The number of Topliss-reactive ketones (excluding diaryl/α,β-unsaturated/α-hetero) is 1. The van der Waals surface area contributed by atoms with E-state index in [1.54, 1.807) is 18.2 Å². The van der Waals surface area contributed by atoms with Crippen molar-refractivity contribution in [1.82, 2.24) is 5.32 Å². The van der Waals surface area contributed by atoms with Gasteiger partial charge in [0.25, 0.3) is 0 Å². The molecule has 1 aliphatic carbocycles. The molecule has 1 saturated heterocycles. The monoisotopic (exact) mass is 359 g/mol. The molecule has 140 valence electrons. The topological polar surface area (TPSA) is 81.7 Å². The fourth-order valence-electron chi connectivity index (χ4n) is 3.11. The highest BCUT2D eigenvalue weighted by molar-refractivity contribution is 6.01. The zero-order valence-electron chi connectivity index (χ0n) is 15.1. The Morgan fingerprint density at radius 3 is 2.88 bits per heavy atom. The van der Waals surface area contributed by atoms with Crippen LogP contribution in [0.4, 0.5) is 0 Å². The largest absolute Gasteiger partial charge is 0.496 e. The minimum atomic E-state index is -1.13. The van der Waals surface area contributed by atoms with Crippen molar-refractivity contribution in [3.63, 3.8) is 0 Å². The molecule has 6 nitrogen and oxygen atoms in total. The van der Waals surface area contributed by atoms with Crippen LogP contribution in [-0.2, 0) is 23.9 Å². The molecule has 1 aliphatic heterocycles. The highest BCUT2D eigenvalue weighted by Gasteiger charge is 2.42. The molecule has 26 heavy (non-hydrogen) atoms. The van der Waals surface area contributed by atoms with Crippen molar-refractivity contribution in [2.45, 2.75) is 44.1 Å². The molecule has 0 aromatic carbocycles. The molecule has 0 bridgehead atoms. The molecule has 1 atom stereocenters. The van der Waals surface area contributed by atoms with Crippen molar-refractivity contribution in [1.29, 1.82) is 0 Å². The number of hydrogen-bond donors (Lipinski definition) is 1. The second-order valence-electron chi connectivity index (χ2n) is 6.33. The molecule has 1 fully saturated rings. The van der Waals surface area contributed by atoms with Gasteiger partial charge in [0, 0.05) is 6.42 Å². The van der Waals surface area contributed by atoms with Crippen LogP contribution in [0.1, 0.15) is 38.5 Å². The van der Waals surface area contributed by atoms with E-state index in [1.807, 2.05) is 12.2 Å². The molecule has 0 unspecified atom stereocenters. The van der Waals surface area contributed by atoms with Gasteiger partial charge in [-0.3, -0.25) is 9.59 Å². The lowest BCUT2D eigenvalue weighted by Gasteiger charge is -2.34. The van der Waals surface area contributed by atoms with E-state index in [0.717, 1.165) is 12.8 Å². The Balaban J connectivity index is 2.08. The third-order valence-corrected chi connectivity index (χ3v) is 4.45. The molecule has 0 spiro atoms. The Morgan fingerprint density at radius 2 is 2.19 bits per heavy atom. The van der Waals surface area contributed by atoms with Gasteiger partial charge in [-0.05, 0) is 44.3 Å². The molecule has 1 N–H and O–H groups in total. The summed E-state index contributed by atoms with van der Waals surface area (Å²) in [7, 11) is 1.50. The zero-order chi connectivity index (χ0) is 19.0. The number of carbonyl (C=O) groups excluding carboxylic acids is 3. The Morgan fingerprint density at radius 1 is 1.38 bits per heavy atom. The minimum Gasteiger partial charge on any atom is -0.496 e. The van der Waals surface area contributed by atoms with E-state index < -0.39 is 18.1 Å². The van der Waals surface area contributed by atoms with Gasteiger partial charge in [0.1, 0.15) is 11.3 Å². The van der Waals surface area contributed by atoms with E-state index in [0.29, 0.717) is 30.6 Å². The van der Waals surface area contributed by atoms with Crippen molar-refractivity contribution < 1.29 is 23.9 Å².